The summed E-state index contributed by atoms with van der Waals surface area (Å²) in [6.07, 6.45) is 4.74. The van der Waals surface area contributed by atoms with Crippen LogP contribution in [0.1, 0.15) is 38.2 Å². The van der Waals surface area contributed by atoms with Crippen LogP contribution in [0.15, 0.2) is 33.6 Å². The van der Waals surface area contributed by atoms with Gasteiger partial charge in [0, 0.05) is 17.4 Å². The van der Waals surface area contributed by atoms with Gasteiger partial charge in [-0.1, -0.05) is 58.5 Å². The minimum absolute atomic E-state index is 0.0386. The highest BCUT2D eigenvalue weighted by atomic mass is 79.9. The van der Waals surface area contributed by atoms with Gasteiger partial charge >= 0.3 is 5.97 Å². The SMILES string of the molecule is CCOC(=O)CCCCCN1C(=O)/C(=C\c2ccc(Br)cc2)SC1=S. The molecule has 0 saturated carbocycles. The third-order valence-electron chi connectivity index (χ3n) is 3.61. The van der Waals surface area contributed by atoms with Crippen molar-refractivity contribution in [1.29, 1.82) is 0 Å². The number of hydrogen-bond donors (Lipinski definition) is 0. The minimum atomic E-state index is -0.162. The Bertz CT molecular complexity index is 673. The summed E-state index contributed by atoms with van der Waals surface area (Å²) in [6, 6.07) is 7.78. The van der Waals surface area contributed by atoms with Gasteiger partial charge in [-0.05, 0) is 43.5 Å². The number of carbonyl (C=O) groups is 2. The Hall–Kier alpha value is -1.18. The van der Waals surface area contributed by atoms with Crippen LogP contribution in [-0.4, -0.2) is 34.2 Å². The number of amides is 1. The van der Waals surface area contributed by atoms with Gasteiger partial charge in [0.1, 0.15) is 4.32 Å². The van der Waals surface area contributed by atoms with E-state index < -0.39 is 0 Å². The van der Waals surface area contributed by atoms with Crippen molar-refractivity contribution in [3.63, 3.8) is 0 Å². The fraction of sp³-hybridized carbons (Fsp3) is 0.389. The highest BCUT2D eigenvalue weighted by molar-refractivity contribution is 9.10. The smallest absolute Gasteiger partial charge is 0.305 e. The zero-order chi connectivity index (χ0) is 18.2. The van der Waals surface area contributed by atoms with Crippen molar-refractivity contribution in [2.24, 2.45) is 0 Å². The van der Waals surface area contributed by atoms with E-state index in [4.69, 9.17) is 17.0 Å². The van der Waals surface area contributed by atoms with E-state index in [0.29, 0.717) is 28.8 Å². The summed E-state index contributed by atoms with van der Waals surface area (Å²) < 4.78 is 6.49. The molecule has 1 amide bonds. The highest BCUT2D eigenvalue weighted by Gasteiger charge is 2.31. The Morgan fingerprint density at radius 1 is 1.28 bits per heavy atom. The normalized spacial score (nSPS) is 15.9. The summed E-state index contributed by atoms with van der Waals surface area (Å²) >= 11 is 10.1. The average Bonchev–Trinajstić information content (AvgIpc) is 2.84. The van der Waals surface area contributed by atoms with Crippen LogP contribution in [0.4, 0.5) is 0 Å². The summed E-state index contributed by atoms with van der Waals surface area (Å²) in [6.45, 7) is 2.81. The number of unbranched alkanes of at least 4 members (excludes halogenated alkanes) is 2. The molecular formula is C18H20BrNO3S2. The molecule has 0 spiro atoms. The standard InChI is InChI=1S/C18H20BrNO3S2/c1-2-23-16(21)6-4-3-5-11-20-17(22)15(25-18(20)24)12-13-7-9-14(19)10-8-13/h7-10,12H,2-6,11H2,1H3/b15-12+. The number of nitrogens with zero attached hydrogens (tertiary/aromatic N) is 1. The van der Waals surface area contributed by atoms with Crippen LogP contribution in [0, 0.1) is 0 Å². The lowest BCUT2D eigenvalue weighted by Crippen LogP contribution is -2.29. The van der Waals surface area contributed by atoms with E-state index in [1.807, 2.05) is 30.3 Å². The van der Waals surface area contributed by atoms with E-state index in [2.05, 4.69) is 15.9 Å². The molecule has 0 aliphatic carbocycles. The minimum Gasteiger partial charge on any atom is -0.466 e. The number of ether oxygens (including phenoxy) is 1. The van der Waals surface area contributed by atoms with Crippen molar-refractivity contribution in [1.82, 2.24) is 4.90 Å². The number of hydrogen-bond acceptors (Lipinski definition) is 5. The lowest BCUT2D eigenvalue weighted by molar-refractivity contribution is -0.143. The fourth-order valence-electron chi connectivity index (χ4n) is 2.35. The maximum absolute atomic E-state index is 12.5. The van der Waals surface area contributed by atoms with E-state index in [-0.39, 0.29) is 11.9 Å². The highest BCUT2D eigenvalue weighted by Crippen LogP contribution is 2.32. The molecule has 1 aliphatic rings. The van der Waals surface area contributed by atoms with E-state index in [0.717, 1.165) is 29.3 Å². The van der Waals surface area contributed by atoms with Crippen LogP contribution in [0.5, 0.6) is 0 Å². The van der Waals surface area contributed by atoms with Gasteiger partial charge in [-0.2, -0.15) is 0 Å². The van der Waals surface area contributed by atoms with Crippen molar-refractivity contribution >= 4 is 62.2 Å². The molecule has 2 rings (SSSR count). The van der Waals surface area contributed by atoms with Gasteiger partial charge in [0.05, 0.1) is 11.5 Å². The van der Waals surface area contributed by atoms with Crippen LogP contribution in [0.2, 0.25) is 0 Å². The molecule has 0 N–H and O–H groups in total. The molecule has 0 bridgehead atoms. The Morgan fingerprint density at radius 3 is 2.68 bits per heavy atom. The molecule has 0 atom stereocenters. The van der Waals surface area contributed by atoms with Crippen LogP contribution in [0.25, 0.3) is 6.08 Å². The number of rotatable bonds is 8. The van der Waals surface area contributed by atoms with Crippen molar-refractivity contribution in [2.75, 3.05) is 13.2 Å². The van der Waals surface area contributed by atoms with Crippen LogP contribution < -0.4 is 0 Å². The predicted molar refractivity (Wildman–Crippen MR) is 109 cm³/mol. The molecule has 7 heteroatoms. The number of halogens is 1. The van der Waals surface area contributed by atoms with E-state index >= 15 is 0 Å². The topological polar surface area (TPSA) is 46.6 Å². The van der Waals surface area contributed by atoms with E-state index in [9.17, 15) is 9.59 Å². The van der Waals surface area contributed by atoms with E-state index in [1.165, 1.54) is 11.8 Å². The van der Waals surface area contributed by atoms with Crippen LogP contribution in [0.3, 0.4) is 0 Å². The molecule has 1 aromatic rings. The summed E-state index contributed by atoms with van der Waals surface area (Å²) in [7, 11) is 0. The molecule has 1 aliphatic heterocycles. The number of esters is 1. The van der Waals surface area contributed by atoms with Gasteiger partial charge in [0.15, 0.2) is 0 Å². The molecule has 4 nitrogen and oxygen atoms in total. The van der Waals surface area contributed by atoms with Crippen molar-refractivity contribution in [2.45, 2.75) is 32.6 Å². The molecule has 25 heavy (non-hydrogen) atoms. The average molecular weight is 442 g/mol. The first-order valence-electron chi connectivity index (χ1n) is 8.18. The number of thioether (sulfide) groups is 1. The number of carbonyl (C=O) groups excluding carboxylic acids is 2. The second-order valence-corrected chi connectivity index (χ2v) is 8.09. The largest absolute Gasteiger partial charge is 0.466 e. The summed E-state index contributed by atoms with van der Waals surface area (Å²) in [5.41, 5.74) is 0.970. The zero-order valence-corrected chi connectivity index (χ0v) is 17.2. The second kappa shape index (κ2) is 10.1. The molecule has 0 aromatic heterocycles. The van der Waals surface area contributed by atoms with Gasteiger partial charge in [0.2, 0.25) is 0 Å². The summed E-state index contributed by atoms with van der Waals surface area (Å²) in [4.78, 5) is 26.1. The number of thiocarbonyl (C=S) groups is 1. The first-order valence-corrected chi connectivity index (χ1v) is 10.2. The van der Waals surface area contributed by atoms with Crippen LogP contribution in [-0.2, 0) is 14.3 Å². The molecule has 0 unspecified atom stereocenters. The van der Waals surface area contributed by atoms with Crippen molar-refractivity contribution in [3.8, 4) is 0 Å². The molecule has 0 radical (unpaired) electrons. The maximum atomic E-state index is 12.5. The molecular weight excluding hydrogens is 422 g/mol. The van der Waals surface area contributed by atoms with Gasteiger partial charge in [-0.25, -0.2) is 0 Å². The predicted octanol–water partition coefficient (Wildman–Crippen LogP) is 4.77. The van der Waals surface area contributed by atoms with Crippen molar-refractivity contribution < 1.29 is 14.3 Å². The second-order valence-electron chi connectivity index (χ2n) is 5.50. The quantitative estimate of drug-likeness (QED) is 0.251. The van der Waals surface area contributed by atoms with E-state index in [1.54, 1.807) is 11.8 Å². The van der Waals surface area contributed by atoms with Gasteiger partial charge in [0.25, 0.3) is 5.91 Å². The monoisotopic (exact) mass is 441 g/mol. The molecule has 1 heterocycles. The van der Waals surface area contributed by atoms with Gasteiger partial charge in [-0.3, -0.25) is 14.5 Å². The van der Waals surface area contributed by atoms with Crippen LogP contribution >= 0.6 is 39.9 Å². The summed E-state index contributed by atoms with van der Waals surface area (Å²) in [5, 5.41) is 0. The first-order chi connectivity index (χ1) is 12.0. The molecule has 1 fully saturated rings. The Kier molecular flexibility index (Phi) is 8.12. The Morgan fingerprint density at radius 2 is 2.00 bits per heavy atom. The number of benzene rings is 1. The molecule has 1 saturated heterocycles. The zero-order valence-electron chi connectivity index (χ0n) is 14.0. The third kappa shape index (κ3) is 6.24. The third-order valence-corrected chi connectivity index (χ3v) is 5.52. The fourth-order valence-corrected chi connectivity index (χ4v) is 3.93. The Balaban J connectivity index is 1.82. The first kappa shape index (κ1) is 20.1. The summed E-state index contributed by atoms with van der Waals surface area (Å²) in [5.74, 6) is -0.200. The lowest BCUT2D eigenvalue weighted by Gasteiger charge is -2.13. The molecule has 1 aromatic carbocycles. The van der Waals surface area contributed by atoms with Gasteiger partial charge in [-0.15, -0.1) is 0 Å². The van der Waals surface area contributed by atoms with Crippen molar-refractivity contribution in [3.05, 3.63) is 39.2 Å². The lowest BCUT2D eigenvalue weighted by atomic mass is 10.2. The Labute approximate surface area is 166 Å². The maximum Gasteiger partial charge on any atom is 0.305 e. The molecule has 134 valence electrons. The van der Waals surface area contributed by atoms with Gasteiger partial charge < -0.3 is 4.74 Å².